The Bertz CT molecular complexity index is 812. The van der Waals surface area contributed by atoms with Gasteiger partial charge in [-0.25, -0.2) is 0 Å². The lowest BCUT2D eigenvalue weighted by molar-refractivity contribution is 0.0947. The largest absolute Gasteiger partial charge is 0.361 e. The highest BCUT2D eigenvalue weighted by molar-refractivity contribution is 6.30. The molecule has 2 aromatic carbocycles. The molecule has 0 unspecified atom stereocenters. The molecule has 0 radical (unpaired) electrons. The third kappa shape index (κ3) is 4.38. The van der Waals surface area contributed by atoms with E-state index in [9.17, 15) is 4.79 Å². The number of carbonyl (C=O) groups excluding carboxylic acids is 1. The molecule has 0 bridgehead atoms. The summed E-state index contributed by atoms with van der Waals surface area (Å²) in [6.07, 6.45) is 2.97. The first kappa shape index (κ1) is 18.5. The van der Waals surface area contributed by atoms with Crippen molar-refractivity contribution in [2.75, 3.05) is 20.1 Å². The fourth-order valence-electron chi connectivity index (χ4n) is 2.70. The number of nitrogens with zero attached hydrogens (tertiary/aromatic N) is 1. The van der Waals surface area contributed by atoms with Gasteiger partial charge in [0.2, 0.25) is 0 Å². The van der Waals surface area contributed by atoms with Crippen LogP contribution in [0.25, 0.3) is 10.9 Å². The summed E-state index contributed by atoms with van der Waals surface area (Å²) in [7, 11) is 1.97. The first-order chi connectivity index (χ1) is 11.1. The summed E-state index contributed by atoms with van der Waals surface area (Å²) in [4.78, 5) is 17.6. The van der Waals surface area contributed by atoms with Gasteiger partial charge in [0.1, 0.15) is 0 Å². The number of aromatic nitrogens is 1. The fourth-order valence-corrected chi connectivity index (χ4v) is 2.83. The lowest BCUT2D eigenvalue weighted by Crippen LogP contribution is -2.28. The Hall–Kier alpha value is -1.81. The van der Waals surface area contributed by atoms with Gasteiger partial charge in [-0.1, -0.05) is 29.8 Å². The van der Waals surface area contributed by atoms with E-state index in [1.54, 1.807) is 24.3 Å². The molecular formula is C19H20Cl2N2O. The number of hydrogen-bond donors (Lipinski definition) is 1. The Labute approximate surface area is 153 Å². The van der Waals surface area contributed by atoms with Crippen LogP contribution in [0.2, 0.25) is 5.02 Å². The zero-order valence-corrected chi connectivity index (χ0v) is 15.0. The summed E-state index contributed by atoms with van der Waals surface area (Å²) in [5, 5.41) is 1.90. The Morgan fingerprint density at radius 1 is 1.12 bits per heavy atom. The normalized spacial score (nSPS) is 10.8. The lowest BCUT2D eigenvalue weighted by atomic mass is 10.1. The second kappa shape index (κ2) is 8.34. The Morgan fingerprint density at radius 2 is 1.83 bits per heavy atom. The standard InChI is InChI=1S/C19H19ClN2O.ClH/c1-22(13-19(23)14-6-8-16(20)9-7-14)11-10-15-12-21-18-5-3-2-4-17(15)18;/h2-9,12,21H,10-11,13H2,1H3;1H. The van der Waals surface area contributed by atoms with E-state index < -0.39 is 0 Å². The summed E-state index contributed by atoms with van der Waals surface area (Å²) >= 11 is 5.85. The fraction of sp³-hybridized carbons (Fsp3) is 0.211. The van der Waals surface area contributed by atoms with Crippen LogP contribution in [0.5, 0.6) is 0 Å². The average Bonchev–Trinajstić information content (AvgIpc) is 2.97. The van der Waals surface area contributed by atoms with Crippen LogP contribution in [0.3, 0.4) is 0 Å². The summed E-state index contributed by atoms with van der Waals surface area (Å²) in [5.41, 5.74) is 3.14. The van der Waals surface area contributed by atoms with Gasteiger partial charge in [0, 0.05) is 34.2 Å². The Morgan fingerprint density at radius 3 is 2.58 bits per heavy atom. The third-order valence-electron chi connectivity index (χ3n) is 4.02. The van der Waals surface area contributed by atoms with E-state index in [1.165, 1.54) is 10.9 Å². The zero-order valence-electron chi connectivity index (χ0n) is 13.5. The molecule has 1 heterocycles. The zero-order chi connectivity index (χ0) is 16.2. The number of hydrogen-bond acceptors (Lipinski definition) is 2. The molecule has 1 aromatic heterocycles. The topological polar surface area (TPSA) is 36.1 Å². The predicted octanol–water partition coefficient (Wildman–Crippen LogP) is 4.60. The highest BCUT2D eigenvalue weighted by atomic mass is 35.5. The number of aromatic amines is 1. The quantitative estimate of drug-likeness (QED) is 0.650. The van der Waals surface area contributed by atoms with Gasteiger partial charge in [-0.2, -0.15) is 0 Å². The van der Waals surface area contributed by atoms with Gasteiger partial charge < -0.3 is 4.98 Å². The molecule has 1 N–H and O–H groups in total. The highest BCUT2D eigenvalue weighted by Crippen LogP contribution is 2.18. The van der Waals surface area contributed by atoms with Gasteiger partial charge in [0.15, 0.2) is 5.78 Å². The van der Waals surface area contributed by atoms with E-state index in [-0.39, 0.29) is 18.2 Å². The summed E-state index contributed by atoms with van der Waals surface area (Å²) in [6.45, 7) is 1.24. The molecule has 0 aliphatic rings. The maximum atomic E-state index is 12.2. The van der Waals surface area contributed by atoms with E-state index in [2.05, 4.69) is 28.2 Å². The molecule has 24 heavy (non-hydrogen) atoms. The molecule has 0 amide bonds. The second-order valence-electron chi connectivity index (χ2n) is 5.78. The molecule has 0 saturated heterocycles. The minimum Gasteiger partial charge on any atom is -0.361 e. The number of ketones is 1. The van der Waals surface area contributed by atoms with E-state index in [0.717, 1.165) is 18.5 Å². The molecule has 0 aliphatic heterocycles. The Balaban J connectivity index is 0.00000208. The van der Waals surface area contributed by atoms with Crippen LogP contribution in [0.4, 0.5) is 0 Å². The van der Waals surface area contributed by atoms with Gasteiger partial charge in [-0.05, 0) is 49.4 Å². The monoisotopic (exact) mass is 362 g/mol. The number of para-hydroxylation sites is 1. The molecule has 3 rings (SSSR count). The van der Waals surface area contributed by atoms with Crippen molar-refractivity contribution < 1.29 is 4.79 Å². The maximum absolute atomic E-state index is 12.2. The van der Waals surface area contributed by atoms with Crippen molar-refractivity contribution in [1.82, 2.24) is 9.88 Å². The van der Waals surface area contributed by atoms with Gasteiger partial charge in [0.05, 0.1) is 6.54 Å². The molecule has 0 aliphatic carbocycles. The minimum absolute atomic E-state index is 0. The lowest BCUT2D eigenvalue weighted by Gasteiger charge is -2.15. The summed E-state index contributed by atoms with van der Waals surface area (Å²) in [6, 6.07) is 15.3. The number of fused-ring (bicyclic) bond motifs is 1. The first-order valence-corrected chi connectivity index (χ1v) is 8.03. The van der Waals surface area contributed by atoms with E-state index in [0.29, 0.717) is 17.1 Å². The van der Waals surface area contributed by atoms with Gasteiger partial charge >= 0.3 is 0 Å². The Kier molecular flexibility index (Phi) is 6.44. The molecule has 0 atom stereocenters. The summed E-state index contributed by atoms with van der Waals surface area (Å²) in [5.74, 6) is 0.114. The molecule has 0 saturated carbocycles. The van der Waals surface area contributed by atoms with Crippen molar-refractivity contribution in [3.63, 3.8) is 0 Å². The third-order valence-corrected chi connectivity index (χ3v) is 4.27. The van der Waals surface area contributed by atoms with Crippen molar-refractivity contribution in [2.24, 2.45) is 0 Å². The van der Waals surface area contributed by atoms with Crippen LogP contribution in [0.15, 0.2) is 54.7 Å². The molecule has 3 aromatic rings. The summed E-state index contributed by atoms with van der Waals surface area (Å²) < 4.78 is 0. The average molecular weight is 363 g/mol. The molecular weight excluding hydrogens is 343 g/mol. The first-order valence-electron chi connectivity index (χ1n) is 7.66. The minimum atomic E-state index is 0. The van der Waals surface area contributed by atoms with Crippen molar-refractivity contribution in [1.29, 1.82) is 0 Å². The van der Waals surface area contributed by atoms with Crippen molar-refractivity contribution in [3.05, 3.63) is 70.9 Å². The van der Waals surface area contributed by atoms with Crippen LogP contribution in [-0.4, -0.2) is 35.8 Å². The van der Waals surface area contributed by atoms with Crippen LogP contribution in [0, 0.1) is 0 Å². The number of halogens is 2. The van der Waals surface area contributed by atoms with Crippen LogP contribution < -0.4 is 0 Å². The number of likely N-dealkylation sites (N-methyl/N-ethyl adjacent to an activating group) is 1. The van der Waals surface area contributed by atoms with Crippen LogP contribution in [0.1, 0.15) is 15.9 Å². The molecule has 0 fully saturated rings. The predicted molar refractivity (Wildman–Crippen MR) is 103 cm³/mol. The number of benzene rings is 2. The van der Waals surface area contributed by atoms with Gasteiger partial charge in [-0.15, -0.1) is 12.4 Å². The molecule has 126 valence electrons. The number of H-pyrrole nitrogens is 1. The maximum Gasteiger partial charge on any atom is 0.176 e. The highest BCUT2D eigenvalue weighted by Gasteiger charge is 2.10. The van der Waals surface area contributed by atoms with Crippen molar-refractivity contribution in [3.8, 4) is 0 Å². The van der Waals surface area contributed by atoms with Gasteiger partial charge in [0.25, 0.3) is 0 Å². The second-order valence-corrected chi connectivity index (χ2v) is 6.21. The number of rotatable bonds is 6. The van der Waals surface area contributed by atoms with Crippen LogP contribution in [-0.2, 0) is 6.42 Å². The molecule has 3 nitrogen and oxygen atoms in total. The number of carbonyl (C=O) groups is 1. The van der Waals surface area contributed by atoms with Crippen molar-refractivity contribution >= 4 is 40.7 Å². The number of nitrogens with one attached hydrogen (secondary N) is 1. The van der Waals surface area contributed by atoms with E-state index in [4.69, 9.17) is 11.6 Å². The van der Waals surface area contributed by atoms with Crippen molar-refractivity contribution in [2.45, 2.75) is 6.42 Å². The number of Topliss-reactive ketones (excluding diaryl/α,β-unsaturated/α-hetero) is 1. The van der Waals surface area contributed by atoms with Crippen LogP contribution >= 0.6 is 24.0 Å². The van der Waals surface area contributed by atoms with E-state index >= 15 is 0 Å². The van der Waals surface area contributed by atoms with Gasteiger partial charge in [-0.3, -0.25) is 9.69 Å². The smallest absolute Gasteiger partial charge is 0.176 e. The molecule has 0 spiro atoms. The van der Waals surface area contributed by atoms with E-state index in [1.807, 2.05) is 19.2 Å². The SMILES string of the molecule is CN(CCc1c[nH]c2ccccc12)CC(=O)c1ccc(Cl)cc1.Cl. The molecule has 5 heteroatoms.